The molecule has 1 amide bonds. The Bertz CT molecular complexity index is 890. The molecule has 3 aliphatic rings. The predicted octanol–water partition coefficient (Wildman–Crippen LogP) is 2.07. The molecule has 3 heterocycles. The Balaban J connectivity index is 1.30. The fourth-order valence-electron chi connectivity index (χ4n) is 4.83. The van der Waals surface area contributed by atoms with Gasteiger partial charge in [0.05, 0.1) is 6.26 Å². The molecule has 0 saturated carbocycles. The maximum absolute atomic E-state index is 12.4. The van der Waals surface area contributed by atoms with Gasteiger partial charge in [-0.3, -0.25) is 0 Å². The topological polar surface area (TPSA) is 73.4 Å². The summed E-state index contributed by atoms with van der Waals surface area (Å²) in [6.07, 6.45) is 1.07. The molecule has 9 heteroatoms. The standard InChI is InChI=1S/C22H34N4O4S/c1-22(2,3)30-21(27)25-15-17-13-24(14-18(17)16-25)20-7-5-19(6-8-20)23-9-11-26(12-10-23)31(4,28)29/h5-8,17-18H,9-16H2,1-4H3. The van der Waals surface area contributed by atoms with Crippen molar-refractivity contribution in [1.82, 2.24) is 9.21 Å². The molecule has 0 bridgehead atoms. The van der Waals surface area contributed by atoms with E-state index in [9.17, 15) is 13.2 Å². The monoisotopic (exact) mass is 450 g/mol. The number of sulfonamides is 1. The van der Waals surface area contributed by atoms with Crippen molar-refractivity contribution in [2.24, 2.45) is 11.8 Å². The van der Waals surface area contributed by atoms with Crippen LogP contribution in [0.15, 0.2) is 24.3 Å². The molecule has 0 aromatic heterocycles. The third-order valence-electron chi connectivity index (χ3n) is 6.43. The second kappa shape index (κ2) is 8.16. The SMILES string of the molecule is CC(C)(C)OC(=O)N1CC2CN(c3ccc(N4CCN(S(C)(=O)=O)CC4)cc3)CC2C1. The highest BCUT2D eigenvalue weighted by molar-refractivity contribution is 7.88. The molecule has 1 aromatic rings. The van der Waals surface area contributed by atoms with Crippen LogP contribution < -0.4 is 9.80 Å². The van der Waals surface area contributed by atoms with E-state index < -0.39 is 15.6 Å². The molecule has 8 nitrogen and oxygen atoms in total. The largest absolute Gasteiger partial charge is 0.444 e. The number of anilines is 2. The zero-order chi connectivity index (χ0) is 22.4. The Morgan fingerprint density at radius 1 is 0.871 bits per heavy atom. The zero-order valence-electron chi connectivity index (χ0n) is 19.0. The minimum absolute atomic E-state index is 0.200. The van der Waals surface area contributed by atoms with E-state index in [0.717, 1.165) is 31.9 Å². The Morgan fingerprint density at radius 3 is 1.81 bits per heavy atom. The van der Waals surface area contributed by atoms with E-state index in [1.54, 1.807) is 4.31 Å². The molecule has 172 valence electrons. The van der Waals surface area contributed by atoms with Gasteiger partial charge in [-0.15, -0.1) is 0 Å². The lowest BCUT2D eigenvalue weighted by atomic mass is 10.0. The van der Waals surface area contributed by atoms with Gasteiger partial charge in [-0.2, -0.15) is 4.31 Å². The van der Waals surface area contributed by atoms with Crippen molar-refractivity contribution in [3.63, 3.8) is 0 Å². The molecule has 0 aliphatic carbocycles. The quantitative estimate of drug-likeness (QED) is 0.702. The molecule has 31 heavy (non-hydrogen) atoms. The zero-order valence-corrected chi connectivity index (χ0v) is 19.8. The van der Waals surface area contributed by atoms with Gasteiger partial charge in [0.2, 0.25) is 10.0 Å². The summed E-state index contributed by atoms with van der Waals surface area (Å²) in [5, 5.41) is 0. The van der Waals surface area contributed by atoms with Crippen molar-refractivity contribution in [3.8, 4) is 0 Å². The van der Waals surface area contributed by atoms with Gasteiger partial charge in [0.15, 0.2) is 0 Å². The number of nitrogens with zero attached hydrogens (tertiary/aromatic N) is 4. The van der Waals surface area contributed by atoms with Gasteiger partial charge in [-0.1, -0.05) is 0 Å². The third kappa shape index (κ3) is 5.09. The molecule has 0 radical (unpaired) electrons. The Hall–Kier alpha value is -2.00. The highest BCUT2D eigenvalue weighted by Crippen LogP contribution is 2.35. The number of ether oxygens (including phenoxy) is 1. The van der Waals surface area contributed by atoms with Crippen LogP contribution in [-0.4, -0.2) is 87.9 Å². The van der Waals surface area contributed by atoms with Crippen LogP contribution in [0.4, 0.5) is 16.2 Å². The first-order valence-electron chi connectivity index (χ1n) is 11.0. The van der Waals surface area contributed by atoms with E-state index in [0.29, 0.717) is 38.0 Å². The maximum Gasteiger partial charge on any atom is 0.410 e. The van der Waals surface area contributed by atoms with E-state index in [-0.39, 0.29) is 6.09 Å². The van der Waals surface area contributed by atoms with Crippen LogP contribution >= 0.6 is 0 Å². The third-order valence-corrected chi connectivity index (χ3v) is 7.73. The number of carbonyl (C=O) groups is 1. The van der Waals surface area contributed by atoms with E-state index >= 15 is 0 Å². The van der Waals surface area contributed by atoms with Crippen molar-refractivity contribution >= 4 is 27.5 Å². The minimum Gasteiger partial charge on any atom is -0.444 e. The first-order valence-corrected chi connectivity index (χ1v) is 12.9. The molecule has 2 unspecified atom stereocenters. The highest BCUT2D eigenvalue weighted by atomic mass is 32.2. The lowest BCUT2D eigenvalue weighted by Gasteiger charge is -2.35. The van der Waals surface area contributed by atoms with Crippen molar-refractivity contribution in [2.45, 2.75) is 26.4 Å². The summed E-state index contributed by atoms with van der Waals surface area (Å²) in [4.78, 5) is 18.9. The van der Waals surface area contributed by atoms with Crippen LogP contribution in [0.5, 0.6) is 0 Å². The molecule has 0 spiro atoms. The number of piperazine rings is 1. The van der Waals surface area contributed by atoms with Gasteiger partial charge < -0.3 is 19.4 Å². The van der Waals surface area contributed by atoms with Crippen LogP contribution in [0.3, 0.4) is 0 Å². The van der Waals surface area contributed by atoms with Crippen LogP contribution in [-0.2, 0) is 14.8 Å². The minimum atomic E-state index is -3.11. The smallest absolute Gasteiger partial charge is 0.410 e. The molecule has 0 N–H and O–H groups in total. The van der Waals surface area contributed by atoms with Gasteiger partial charge in [-0.05, 0) is 45.0 Å². The first-order chi connectivity index (χ1) is 14.5. The van der Waals surface area contributed by atoms with E-state index in [1.807, 2.05) is 25.7 Å². The fraction of sp³-hybridized carbons (Fsp3) is 0.682. The highest BCUT2D eigenvalue weighted by Gasteiger charge is 2.42. The number of hydrogen-bond donors (Lipinski definition) is 0. The summed E-state index contributed by atoms with van der Waals surface area (Å²) < 4.78 is 30.5. The van der Waals surface area contributed by atoms with Crippen molar-refractivity contribution in [1.29, 1.82) is 0 Å². The molecule has 2 atom stereocenters. The summed E-state index contributed by atoms with van der Waals surface area (Å²) in [6.45, 7) is 11.6. The Morgan fingerprint density at radius 2 is 1.35 bits per heavy atom. The Labute approximate surface area is 185 Å². The van der Waals surface area contributed by atoms with Gasteiger partial charge in [0, 0.05) is 75.6 Å². The molecular weight excluding hydrogens is 416 g/mol. The van der Waals surface area contributed by atoms with Crippen molar-refractivity contribution in [2.75, 3.05) is 68.4 Å². The molecule has 4 rings (SSSR count). The first kappa shape index (κ1) is 22.2. The molecular formula is C22H34N4O4S. The van der Waals surface area contributed by atoms with Crippen LogP contribution in [0.1, 0.15) is 20.8 Å². The molecule has 3 fully saturated rings. The van der Waals surface area contributed by atoms with Crippen molar-refractivity contribution < 1.29 is 17.9 Å². The lowest BCUT2D eigenvalue weighted by molar-refractivity contribution is 0.0282. The van der Waals surface area contributed by atoms with Crippen LogP contribution in [0.25, 0.3) is 0 Å². The summed E-state index contributed by atoms with van der Waals surface area (Å²) in [5.74, 6) is 0.965. The number of amides is 1. The summed E-state index contributed by atoms with van der Waals surface area (Å²) in [7, 11) is -3.11. The molecule has 3 aliphatic heterocycles. The van der Waals surface area contributed by atoms with Gasteiger partial charge in [0.25, 0.3) is 0 Å². The predicted molar refractivity (Wildman–Crippen MR) is 122 cm³/mol. The number of benzene rings is 1. The van der Waals surface area contributed by atoms with E-state index in [1.165, 1.54) is 11.9 Å². The molecule has 3 saturated heterocycles. The normalized spacial score (nSPS) is 25.1. The Kier molecular flexibility index (Phi) is 5.85. The van der Waals surface area contributed by atoms with Crippen LogP contribution in [0, 0.1) is 11.8 Å². The summed E-state index contributed by atoms with van der Waals surface area (Å²) in [6, 6.07) is 8.58. The van der Waals surface area contributed by atoms with Crippen LogP contribution in [0.2, 0.25) is 0 Å². The second-order valence-corrected chi connectivity index (χ2v) is 12.0. The second-order valence-electron chi connectivity index (χ2n) is 9.98. The number of hydrogen-bond acceptors (Lipinski definition) is 6. The number of fused-ring (bicyclic) bond motifs is 1. The number of likely N-dealkylation sites (tertiary alicyclic amines) is 1. The average Bonchev–Trinajstić information content (AvgIpc) is 3.26. The van der Waals surface area contributed by atoms with E-state index in [4.69, 9.17) is 4.74 Å². The van der Waals surface area contributed by atoms with E-state index in [2.05, 4.69) is 34.1 Å². The molecule has 1 aromatic carbocycles. The number of rotatable bonds is 3. The van der Waals surface area contributed by atoms with Gasteiger partial charge in [0.1, 0.15) is 5.60 Å². The van der Waals surface area contributed by atoms with Crippen molar-refractivity contribution in [3.05, 3.63) is 24.3 Å². The van der Waals surface area contributed by atoms with Gasteiger partial charge >= 0.3 is 6.09 Å². The number of carbonyl (C=O) groups excluding carboxylic acids is 1. The maximum atomic E-state index is 12.4. The summed E-state index contributed by atoms with van der Waals surface area (Å²) >= 11 is 0. The van der Waals surface area contributed by atoms with Gasteiger partial charge in [-0.25, -0.2) is 13.2 Å². The average molecular weight is 451 g/mol. The lowest BCUT2D eigenvalue weighted by Crippen LogP contribution is -2.48. The fourth-order valence-corrected chi connectivity index (χ4v) is 5.66. The summed E-state index contributed by atoms with van der Waals surface area (Å²) in [5.41, 5.74) is 1.88.